The van der Waals surface area contributed by atoms with Gasteiger partial charge in [-0.1, -0.05) is 59.2 Å². The number of nitrogens with zero attached hydrogens (tertiary/aromatic N) is 3. The number of thioether (sulfide) groups is 2. The molecule has 1 fully saturated rings. The summed E-state index contributed by atoms with van der Waals surface area (Å²) in [5.74, 6) is 0.245. The van der Waals surface area contributed by atoms with Gasteiger partial charge in [-0.25, -0.2) is 4.98 Å². The molecular weight excluding hydrogens is 525 g/mol. The summed E-state index contributed by atoms with van der Waals surface area (Å²) < 4.78 is 0.742. The van der Waals surface area contributed by atoms with Gasteiger partial charge in [0.1, 0.15) is 5.15 Å². The zero-order valence-electron chi connectivity index (χ0n) is 16.6. The maximum Gasteiger partial charge on any atom is 0.293 e. The van der Waals surface area contributed by atoms with E-state index in [2.05, 4.69) is 4.98 Å². The Morgan fingerprint density at radius 3 is 2.39 bits per heavy atom. The predicted molar refractivity (Wildman–Crippen MR) is 133 cm³/mol. The number of nitro benzene ring substituents is 1. The molecule has 0 atom stereocenters. The summed E-state index contributed by atoms with van der Waals surface area (Å²) in [6, 6.07) is 13.2. The lowest BCUT2D eigenvalue weighted by molar-refractivity contribution is -0.384. The van der Waals surface area contributed by atoms with Crippen LogP contribution in [0.4, 0.5) is 10.5 Å². The van der Waals surface area contributed by atoms with Crippen LogP contribution in [0.5, 0.6) is 0 Å². The molecule has 33 heavy (non-hydrogen) atoms. The van der Waals surface area contributed by atoms with Crippen molar-refractivity contribution in [3.8, 4) is 0 Å². The molecule has 168 valence electrons. The third-order valence-corrected chi connectivity index (χ3v) is 8.27. The first-order valence-corrected chi connectivity index (χ1v) is 12.7. The first kappa shape index (κ1) is 23.8. The smallest absolute Gasteiger partial charge is 0.268 e. The highest BCUT2D eigenvalue weighted by molar-refractivity contribution is 8.18. The topological polar surface area (TPSA) is 93.4 Å². The van der Waals surface area contributed by atoms with Crippen molar-refractivity contribution in [2.45, 2.75) is 16.6 Å². The standard InChI is InChI=1S/C21H13Cl2N3O4S3/c22-14-5-1-13(2-6-14)11-31-20-24-18(23)16(32-20)9-17-19(27)25(21(28)33-17)10-12-3-7-15(8-4-12)26(29)30/h1-9H,10-11H2. The second-order valence-electron chi connectivity index (χ2n) is 6.74. The molecule has 3 aromatic rings. The van der Waals surface area contributed by atoms with E-state index in [9.17, 15) is 19.7 Å². The zero-order chi connectivity index (χ0) is 23.5. The lowest BCUT2D eigenvalue weighted by Gasteiger charge is -2.12. The molecule has 12 heteroatoms. The molecule has 0 unspecified atom stereocenters. The first-order valence-electron chi connectivity index (χ1n) is 9.32. The van der Waals surface area contributed by atoms with E-state index < -0.39 is 16.1 Å². The van der Waals surface area contributed by atoms with Gasteiger partial charge >= 0.3 is 0 Å². The van der Waals surface area contributed by atoms with Gasteiger partial charge in [0.15, 0.2) is 4.34 Å². The van der Waals surface area contributed by atoms with E-state index in [1.807, 2.05) is 24.3 Å². The number of non-ortho nitro benzene ring substituents is 1. The lowest BCUT2D eigenvalue weighted by atomic mass is 10.2. The molecule has 2 amide bonds. The number of nitro groups is 1. The fourth-order valence-corrected chi connectivity index (χ4v) is 6.16. The van der Waals surface area contributed by atoms with E-state index in [1.54, 1.807) is 6.08 Å². The largest absolute Gasteiger partial charge is 0.293 e. The van der Waals surface area contributed by atoms with Crippen LogP contribution in [0.2, 0.25) is 10.2 Å². The minimum Gasteiger partial charge on any atom is -0.268 e. The Morgan fingerprint density at radius 1 is 1.06 bits per heavy atom. The Bertz CT molecular complexity index is 1260. The highest BCUT2D eigenvalue weighted by Gasteiger charge is 2.35. The minimum atomic E-state index is -0.507. The Morgan fingerprint density at radius 2 is 1.73 bits per heavy atom. The van der Waals surface area contributed by atoms with E-state index in [0.29, 0.717) is 21.2 Å². The molecule has 4 rings (SSSR count). The second kappa shape index (κ2) is 10.3. The van der Waals surface area contributed by atoms with Crippen LogP contribution in [0, 0.1) is 10.1 Å². The molecule has 7 nitrogen and oxygen atoms in total. The van der Waals surface area contributed by atoms with Crippen LogP contribution in [-0.2, 0) is 17.1 Å². The maximum atomic E-state index is 12.8. The van der Waals surface area contributed by atoms with Gasteiger partial charge in [-0.05, 0) is 41.1 Å². The van der Waals surface area contributed by atoms with Gasteiger partial charge in [0.25, 0.3) is 16.8 Å². The van der Waals surface area contributed by atoms with Crippen LogP contribution in [-0.4, -0.2) is 26.0 Å². The number of benzene rings is 2. The second-order valence-corrected chi connectivity index (χ2v) is 10.8. The minimum absolute atomic E-state index is 0.0264. The van der Waals surface area contributed by atoms with Crippen molar-refractivity contribution in [2.24, 2.45) is 0 Å². The predicted octanol–water partition coefficient (Wildman–Crippen LogP) is 6.89. The molecular formula is C21H13Cl2N3O4S3. The highest BCUT2D eigenvalue weighted by Crippen LogP contribution is 2.38. The quantitative estimate of drug-likeness (QED) is 0.140. The van der Waals surface area contributed by atoms with Crippen LogP contribution in [0.15, 0.2) is 57.8 Å². The number of carbonyl (C=O) groups is 2. The van der Waals surface area contributed by atoms with Crippen molar-refractivity contribution < 1.29 is 14.5 Å². The van der Waals surface area contributed by atoms with Crippen LogP contribution >= 0.6 is 58.1 Å². The van der Waals surface area contributed by atoms with E-state index >= 15 is 0 Å². The third-order valence-electron chi connectivity index (χ3n) is 4.49. The van der Waals surface area contributed by atoms with Crippen LogP contribution < -0.4 is 0 Å². The summed E-state index contributed by atoms with van der Waals surface area (Å²) in [4.78, 5) is 41.8. The molecule has 1 aromatic heterocycles. The summed E-state index contributed by atoms with van der Waals surface area (Å²) in [7, 11) is 0. The van der Waals surface area contributed by atoms with E-state index in [4.69, 9.17) is 23.2 Å². The maximum absolute atomic E-state index is 12.8. The fourth-order valence-electron chi connectivity index (χ4n) is 2.83. The van der Waals surface area contributed by atoms with Crippen LogP contribution in [0.1, 0.15) is 16.0 Å². The van der Waals surface area contributed by atoms with Crippen LogP contribution in [0.25, 0.3) is 6.08 Å². The molecule has 0 saturated carbocycles. The fraction of sp³-hybridized carbons (Fsp3) is 0.0952. The summed E-state index contributed by atoms with van der Waals surface area (Å²) in [6.07, 6.45) is 1.58. The summed E-state index contributed by atoms with van der Waals surface area (Å²) in [6.45, 7) is 0.0264. The van der Waals surface area contributed by atoms with Crippen molar-refractivity contribution >= 4 is 81.0 Å². The average molecular weight is 538 g/mol. The molecule has 1 saturated heterocycles. The van der Waals surface area contributed by atoms with Gasteiger partial charge in [0, 0.05) is 22.9 Å². The Balaban J connectivity index is 1.44. The van der Waals surface area contributed by atoms with Gasteiger partial charge in [-0.2, -0.15) is 0 Å². The number of amides is 2. The Kier molecular flexibility index (Phi) is 7.40. The highest BCUT2D eigenvalue weighted by atomic mass is 35.5. The summed E-state index contributed by atoms with van der Waals surface area (Å²) in [5.41, 5.74) is 1.64. The van der Waals surface area contributed by atoms with Gasteiger partial charge < -0.3 is 0 Å². The number of hydrogen-bond acceptors (Lipinski definition) is 8. The molecule has 0 bridgehead atoms. The molecule has 0 aliphatic carbocycles. The van der Waals surface area contributed by atoms with E-state index in [-0.39, 0.29) is 22.3 Å². The number of thiazole rings is 1. The van der Waals surface area contributed by atoms with Crippen molar-refractivity contribution in [3.05, 3.63) is 89.7 Å². The molecule has 2 heterocycles. The molecule has 0 radical (unpaired) electrons. The number of hydrogen-bond donors (Lipinski definition) is 0. The monoisotopic (exact) mass is 537 g/mol. The molecule has 0 N–H and O–H groups in total. The Hall–Kier alpha value is -2.37. The lowest BCUT2D eigenvalue weighted by Crippen LogP contribution is -2.27. The van der Waals surface area contributed by atoms with Crippen molar-refractivity contribution in [3.63, 3.8) is 0 Å². The van der Waals surface area contributed by atoms with Gasteiger partial charge in [-0.15, -0.1) is 11.3 Å². The van der Waals surface area contributed by atoms with Crippen LogP contribution in [0.3, 0.4) is 0 Å². The number of halogens is 2. The van der Waals surface area contributed by atoms with Gasteiger partial charge in [-0.3, -0.25) is 24.6 Å². The normalized spacial score (nSPS) is 15.0. The number of carbonyl (C=O) groups excluding carboxylic acids is 2. The number of rotatable bonds is 7. The number of aromatic nitrogens is 1. The number of imide groups is 1. The first-order chi connectivity index (χ1) is 15.8. The average Bonchev–Trinajstić information content (AvgIpc) is 3.27. The molecule has 2 aromatic carbocycles. The van der Waals surface area contributed by atoms with Gasteiger partial charge in [0.2, 0.25) is 0 Å². The summed E-state index contributed by atoms with van der Waals surface area (Å²) >= 11 is 15.9. The van der Waals surface area contributed by atoms with E-state index in [0.717, 1.165) is 26.6 Å². The zero-order valence-corrected chi connectivity index (χ0v) is 20.5. The Labute approximate surface area is 210 Å². The third kappa shape index (κ3) is 5.77. The molecule has 0 spiro atoms. The van der Waals surface area contributed by atoms with Crippen molar-refractivity contribution in [1.29, 1.82) is 0 Å². The molecule has 1 aliphatic heterocycles. The van der Waals surface area contributed by atoms with Gasteiger partial charge in [0.05, 0.1) is 21.3 Å². The van der Waals surface area contributed by atoms with E-state index in [1.165, 1.54) is 47.4 Å². The molecule has 1 aliphatic rings. The van der Waals surface area contributed by atoms with Crippen molar-refractivity contribution in [2.75, 3.05) is 0 Å². The summed E-state index contributed by atoms with van der Waals surface area (Å²) in [5, 5.41) is 11.3. The SMILES string of the molecule is O=C1SC(=Cc2sc(SCc3ccc(Cl)cc3)nc2Cl)C(=O)N1Cc1ccc([N+](=O)[O-])cc1. The van der Waals surface area contributed by atoms with Crippen molar-refractivity contribution in [1.82, 2.24) is 9.88 Å².